The van der Waals surface area contributed by atoms with Crippen LogP contribution in [0.4, 0.5) is 18.9 Å². The second-order valence-corrected chi connectivity index (χ2v) is 4.05. The summed E-state index contributed by atoms with van der Waals surface area (Å²) < 4.78 is 39.0. The fourth-order valence-electron chi connectivity index (χ4n) is 1.56. The molecule has 1 unspecified atom stereocenters. The number of nitrogens with two attached hydrogens (primary N) is 1. The topological polar surface area (TPSA) is 55.1 Å². The number of hydrogen-bond donors (Lipinski definition) is 2. The van der Waals surface area contributed by atoms with Crippen LogP contribution in [-0.2, 0) is 4.79 Å². The van der Waals surface area contributed by atoms with E-state index in [1.165, 1.54) is 0 Å². The average Bonchev–Trinajstić information content (AvgIpc) is 2.25. The lowest BCUT2D eigenvalue weighted by molar-refractivity contribution is -0.116. The quantitative estimate of drug-likeness (QED) is 0.799. The molecule has 0 aromatic heterocycles. The van der Waals surface area contributed by atoms with Crippen LogP contribution in [0.25, 0.3) is 0 Å². The first-order valence-electron chi connectivity index (χ1n) is 5.64. The monoisotopic (exact) mass is 260 g/mol. The molecule has 0 saturated carbocycles. The number of halogens is 3. The van der Waals surface area contributed by atoms with Gasteiger partial charge >= 0.3 is 0 Å². The summed E-state index contributed by atoms with van der Waals surface area (Å²) in [4.78, 5) is 11.5. The summed E-state index contributed by atoms with van der Waals surface area (Å²) in [6.07, 6.45) is 1.44. The standard InChI is InChI=1S/C12H15F3N2O/c1-2-3-8(16)6-11(18)17-10-5-7(13)4-9(14)12(10)15/h4-5,8H,2-3,6,16H2,1H3,(H,17,18). The van der Waals surface area contributed by atoms with E-state index in [9.17, 15) is 18.0 Å². The number of nitrogens with one attached hydrogen (secondary N) is 1. The predicted molar refractivity (Wildman–Crippen MR) is 62.4 cm³/mol. The van der Waals surface area contributed by atoms with E-state index in [0.29, 0.717) is 12.5 Å². The first kappa shape index (κ1) is 14.5. The number of carbonyl (C=O) groups excluding carboxylic acids is 1. The van der Waals surface area contributed by atoms with Crippen LogP contribution in [0.15, 0.2) is 12.1 Å². The summed E-state index contributed by atoms with van der Waals surface area (Å²) in [7, 11) is 0. The number of hydrogen-bond acceptors (Lipinski definition) is 2. The van der Waals surface area contributed by atoms with E-state index in [2.05, 4.69) is 5.32 Å². The highest BCUT2D eigenvalue weighted by molar-refractivity contribution is 5.91. The minimum Gasteiger partial charge on any atom is -0.327 e. The number of rotatable bonds is 5. The van der Waals surface area contributed by atoms with Gasteiger partial charge in [0.15, 0.2) is 11.6 Å². The van der Waals surface area contributed by atoms with Crippen LogP contribution >= 0.6 is 0 Å². The molecule has 0 radical (unpaired) electrons. The molecule has 0 heterocycles. The third-order valence-electron chi connectivity index (χ3n) is 2.37. The Balaban J connectivity index is 2.70. The summed E-state index contributed by atoms with van der Waals surface area (Å²) in [5.41, 5.74) is 5.12. The van der Waals surface area contributed by atoms with Crippen molar-refractivity contribution in [3.05, 3.63) is 29.6 Å². The van der Waals surface area contributed by atoms with Crippen molar-refractivity contribution in [1.82, 2.24) is 0 Å². The van der Waals surface area contributed by atoms with Gasteiger partial charge in [-0.15, -0.1) is 0 Å². The summed E-state index contributed by atoms with van der Waals surface area (Å²) >= 11 is 0. The molecular weight excluding hydrogens is 245 g/mol. The number of carbonyl (C=O) groups is 1. The van der Waals surface area contributed by atoms with Gasteiger partial charge < -0.3 is 11.1 Å². The highest BCUT2D eigenvalue weighted by Crippen LogP contribution is 2.19. The maximum atomic E-state index is 13.2. The smallest absolute Gasteiger partial charge is 0.226 e. The van der Waals surface area contributed by atoms with Gasteiger partial charge in [-0.2, -0.15) is 0 Å². The Morgan fingerprint density at radius 2 is 2.06 bits per heavy atom. The van der Waals surface area contributed by atoms with Gasteiger partial charge in [0.25, 0.3) is 0 Å². The van der Waals surface area contributed by atoms with Crippen LogP contribution in [0.5, 0.6) is 0 Å². The fraction of sp³-hybridized carbons (Fsp3) is 0.417. The van der Waals surface area contributed by atoms with Gasteiger partial charge in [-0.3, -0.25) is 4.79 Å². The average molecular weight is 260 g/mol. The molecule has 3 N–H and O–H groups in total. The second kappa shape index (κ2) is 6.39. The molecule has 1 aromatic carbocycles. The van der Waals surface area contributed by atoms with Gasteiger partial charge in [-0.05, 0) is 6.42 Å². The summed E-state index contributed by atoms with van der Waals surface area (Å²) in [6.45, 7) is 1.92. The summed E-state index contributed by atoms with van der Waals surface area (Å²) in [5, 5.41) is 2.11. The summed E-state index contributed by atoms with van der Waals surface area (Å²) in [6, 6.07) is 0.784. The maximum absolute atomic E-state index is 13.2. The van der Waals surface area contributed by atoms with Crippen molar-refractivity contribution in [2.75, 3.05) is 5.32 Å². The van der Waals surface area contributed by atoms with Crippen LogP contribution in [0.2, 0.25) is 0 Å². The van der Waals surface area contributed by atoms with Crippen LogP contribution in [0, 0.1) is 17.5 Å². The Morgan fingerprint density at radius 1 is 1.39 bits per heavy atom. The zero-order chi connectivity index (χ0) is 13.7. The van der Waals surface area contributed by atoms with Crippen molar-refractivity contribution in [3.8, 4) is 0 Å². The normalized spacial score (nSPS) is 12.3. The van der Waals surface area contributed by atoms with Gasteiger partial charge in [-0.1, -0.05) is 13.3 Å². The lowest BCUT2D eigenvalue weighted by Crippen LogP contribution is -2.27. The third-order valence-corrected chi connectivity index (χ3v) is 2.37. The predicted octanol–water partition coefficient (Wildman–Crippen LogP) is 2.56. The molecule has 0 aliphatic heterocycles. The van der Waals surface area contributed by atoms with Crippen molar-refractivity contribution in [3.63, 3.8) is 0 Å². The first-order chi connectivity index (χ1) is 8.43. The van der Waals surface area contributed by atoms with E-state index >= 15 is 0 Å². The molecule has 100 valence electrons. The molecule has 6 heteroatoms. The zero-order valence-corrected chi connectivity index (χ0v) is 9.97. The highest BCUT2D eigenvalue weighted by atomic mass is 19.2. The molecule has 0 aliphatic carbocycles. The second-order valence-electron chi connectivity index (χ2n) is 4.05. The molecule has 0 saturated heterocycles. The highest BCUT2D eigenvalue weighted by Gasteiger charge is 2.15. The first-order valence-corrected chi connectivity index (χ1v) is 5.64. The number of amides is 1. The molecule has 1 atom stereocenters. The van der Waals surface area contributed by atoms with Gasteiger partial charge in [0.2, 0.25) is 5.91 Å². The van der Waals surface area contributed by atoms with Gasteiger partial charge in [0.1, 0.15) is 5.82 Å². The van der Waals surface area contributed by atoms with Gasteiger partial charge in [0.05, 0.1) is 5.69 Å². The van der Waals surface area contributed by atoms with Crippen molar-refractivity contribution in [1.29, 1.82) is 0 Å². The van der Waals surface area contributed by atoms with E-state index in [0.717, 1.165) is 12.5 Å². The van der Waals surface area contributed by atoms with Crippen molar-refractivity contribution >= 4 is 11.6 Å². The van der Waals surface area contributed by atoms with E-state index in [1.807, 2.05) is 6.92 Å². The lowest BCUT2D eigenvalue weighted by Gasteiger charge is -2.11. The van der Waals surface area contributed by atoms with Crippen LogP contribution in [-0.4, -0.2) is 11.9 Å². The van der Waals surface area contributed by atoms with Crippen molar-refractivity contribution in [2.24, 2.45) is 5.73 Å². The SMILES string of the molecule is CCCC(N)CC(=O)Nc1cc(F)cc(F)c1F. The minimum absolute atomic E-state index is 0.0224. The Labute approximate surface area is 103 Å². The van der Waals surface area contributed by atoms with Gasteiger partial charge in [0, 0.05) is 24.6 Å². The van der Waals surface area contributed by atoms with Crippen molar-refractivity contribution < 1.29 is 18.0 Å². The molecule has 1 rings (SSSR count). The molecular formula is C12H15F3N2O. The van der Waals surface area contributed by atoms with Crippen molar-refractivity contribution in [2.45, 2.75) is 32.2 Å². The molecule has 0 spiro atoms. The van der Waals surface area contributed by atoms with Gasteiger partial charge in [-0.25, -0.2) is 13.2 Å². The Hall–Kier alpha value is -1.56. The van der Waals surface area contributed by atoms with Crippen LogP contribution < -0.4 is 11.1 Å². The molecule has 1 amide bonds. The molecule has 0 aliphatic rings. The van der Waals surface area contributed by atoms with E-state index in [1.54, 1.807) is 0 Å². The molecule has 0 fully saturated rings. The maximum Gasteiger partial charge on any atom is 0.226 e. The number of benzene rings is 1. The molecule has 3 nitrogen and oxygen atoms in total. The molecule has 18 heavy (non-hydrogen) atoms. The minimum atomic E-state index is -1.34. The van der Waals surface area contributed by atoms with E-state index in [4.69, 9.17) is 5.73 Å². The molecule has 0 bridgehead atoms. The van der Waals surface area contributed by atoms with Crippen LogP contribution in [0.1, 0.15) is 26.2 Å². The van der Waals surface area contributed by atoms with Crippen LogP contribution in [0.3, 0.4) is 0 Å². The number of anilines is 1. The fourth-order valence-corrected chi connectivity index (χ4v) is 1.56. The summed E-state index contributed by atoms with van der Waals surface area (Å²) in [5.74, 6) is -4.15. The Bertz CT molecular complexity index is 438. The zero-order valence-electron chi connectivity index (χ0n) is 9.97. The third kappa shape index (κ3) is 4.03. The Kier molecular flexibility index (Phi) is 5.15. The lowest BCUT2D eigenvalue weighted by atomic mass is 10.1. The molecule has 1 aromatic rings. The Morgan fingerprint density at radius 3 is 2.67 bits per heavy atom. The largest absolute Gasteiger partial charge is 0.327 e. The van der Waals surface area contributed by atoms with E-state index < -0.39 is 29.0 Å². The van der Waals surface area contributed by atoms with E-state index in [-0.39, 0.29) is 12.5 Å².